The highest BCUT2D eigenvalue weighted by Gasteiger charge is 2.30. The van der Waals surface area contributed by atoms with Crippen LogP contribution < -0.4 is 10.2 Å². The fourth-order valence-corrected chi connectivity index (χ4v) is 3.05. The Bertz CT molecular complexity index is 1040. The number of ether oxygens (including phenoxy) is 2. The van der Waals surface area contributed by atoms with E-state index >= 15 is 0 Å². The lowest BCUT2D eigenvalue weighted by Crippen LogP contribution is -2.09. The molecule has 0 aliphatic rings. The topological polar surface area (TPSA) is 48.7 Å². The highest BCUT2D eigenvalue weighted by atomic mass is 79.9. The minimum atomic E-state index is -4.43. The van der Waals surface area contributed by atoms with Crippen molar-refractivity contribution in [2.75, 3.05) is 25.2 Å². The summed E-state index contributed by atoms with van der Waals surface area (Å²) in [7, 11) is 0. The molecule has 0 amide bonds. The molecule has 0 unspecified atom stereocenters. The molecule has 1 heterocycles. The summed E-state index contributed by atoms with van der Waals surface area (Å²) in [5.74, 6) is 0.736. The maximum atomic E-state index is 12.8. The monoisotopic (exact) mass is 470 g/mol. The number of fused-ring (bicyclic) bond motifs is 1. The van der Waals surface area contributed by atoms with Crippen molar-refractivity contribution in [1.82, 2.24) is 0 Å². The van der Waals surface area contributed by atoms with Crippen LogP contribution in [0.25, 0.3) is 22.3 Å². The number of alkyl halides is 4. The van der Waals surface area contributed by atoms with Crippen molar-refractivity contribution in [1.29, 1.82) is 0 Å². The Morgan fingerprint density at radius 3 is 2.41 bits per heavy atom. The molecule has 0 aliphatic carbocycles. The summed E-state index contributed by atoms with van der Waals surface area (Å²) in [6.07, 6.45) is -4.43. The normalized spacial score (nSPS) is 11.8. The molecule has 0 saturated carbocycles. The summed E-state index contributed by atoms with van der Waals surface area (Å²) in [6.45, 7) is 2.91. The van der Waals surface area contributed by atoms with E-state index in [1.54, 1.807) is 25.1 Å². The van der Waals surface area contributed by atoms with Crippen molar-refractivity contribution >= 4 is 26.9 Å². The van der Waals surface area contributed by atoms with Crippen LogP contribution in [0.4, 0.5) is 13.2 Å². The summed E-state index contributed by atoms with van der Waals surface area (Å²) in [4.78, 5) is 12.7. The summed E-state index contributed by atoms with van der Waals surface area (Å²) in [5.41, 5.74) is 0.0145. The molecule has 1 aromatic heterocycles. The van der Waals surface area contributed by atoms with E-state index < -0.39 is 11.7 Å². The van der Waals surface area contributed by atoms with Gasteiger partial charge in [0.2, 0.25) is 0 Å². The number of benzene rings is 2. The van der Waals surface area contributed by atoms with Gasteiger partial charge in [-0.3, -0.25) is 4.79 Å². The second-order valence-corrected chi connectivity index (χ2v) is 7.06. The van der Waals surface area contributed by atoms with Crippen LogP contribution in [0.15, 0.2) is 51.7 Å². The predicted octanol–water partition coefficient (Wildman–Crippen LogP) is 5.58. The van der Waals surface area contributed by atoms with Gasteiger partial charge in [-0.2, -0.15) is 13.2 Å². The summed E-state index contributed by atoms with van der Waals surface area (Å²) < 4.78 is 55.2. The van der Waals surface area contributed by atoms with Gasteiger partial charge in [-0.1, -0.05) is 28.1 Å². The Morgan fingerprint density at radius 2 is 1.76 bits per heavy atom. The zero-order valence-electron chi connectivity index (χ0n) is 15.5. The van der Waals surface area contributed by atoms with Crippen LogP contribution in [-0.2, 0) is 10.9 Å². The van der Waals surface area contributed by atoms with Gasteiger partial charge in [0.1, 0.15) is 23.7 Å². The molecule has 0 bridgehead atoms. The summed E-state index contributed by atoms with van der Waals surface area (Å²) in [6, 6.07) is 9.38. The number of halogens is 4. The van der Waals surface area contributed by atoms with E-state index in [-0.39, 0.29) is 11.2 Å². The molecule has 3 rings (SSSR count). The molecule has 3 aromatic rings. The second kappa shape index (κ2) is 9.00. The Labute approximate surface area is 173 Å². The van der Waals surface area contributed by atoms with Gasteiger partial charge in [-0.25, -0.2) is 0 Å². The molecule has 0 N–H and O–H groups in total. The molecule has 2 aromatic carbocycles. The van der Waals surface area contributed by atoms with Crippen LogP contribution in [0.1, 0.15) is 11.1 Å². The number of hydrogen-bond donors (Lipinski definition) is 0. The van der Waals surface area contributed by atoms with Crippen molar-refractivity contribution in [3.05, 3.63) is 63.8 Å². The van der Waals surface area contributed by atoms with E-state index in [4.69, 9.17) is 13.9 Å². The van der Waals surface area contributed by atoms with Crippen LogP contribution in [0.2, 0.25) is 0 Å². The van der Waals surface area contributed by atoms with Gasteiger partial charge >= 0.3 is 6.18 Å². The third-order valence-electron chi connectivity index (χ3n) is 4.28. The van der Waals surface area contributed by atoms with E-state index in [1.807, 2.05) is 0 Å². The molecule has 8 heteroatoms. The van der Waals surface area contributed by atoms with Gasteiger partial charge in [0.25, 0.3) is 0 Å². The Morgan fingerprint density at radius 1 is 1.03 bits per heavy atom. The van der Waals surface area contributed by atoms with Gasteiger partial charge < -0.3 is 13.9 Å². The minimum Gasteiger partial charge on any atom is -0.491 e. The Kier molecular flexibility index (Phi) is 6.64. The van der Waals surface area contributed by atoms with E-state index in [2.05, 4.69) is 15.9 Å². The van der Waals surface area contributed by atoms with Crippen molar-refractivity contribution in [3.63, 3.8) is 0 Å². The van der Waals surface area contributed by atoms with E-state index in [0.29, 0.717) is 47.7 Å². The lowest BCUT2D eigenvalue weighted by Gasteiger charge is -2.11. The molecule has 0 saturated heterocycles. The van der Waals surface area contributed by atoms with Crippen LogP contribution in [-0.4, -0.2) is 25.2 Å². The summed E-state index contributed by atoms with van der Waals surface area (Å²) >= 11 is 3.26. The third kappa shape index (κ3) is 5.00. The first-order chi connectivity index (χ1) is 13.8. The van der Waals surface area contributed by atoms with Crippen molar-refractivity contribution in [2.45, 2.75) is 13.1 Å². The van der Waals surface area contributed by atoms with Gasteiger partial charge in [-0.05, 0) is 31.2 Å². The highest BCUT2D eigenvalue weighted by molar-refractivity contribution is 9.09. The number of rotatable bonds is 7. The number of hydrogen-bond acceptors (Lipinski definition) is 4. The molecule has 0 aliphatic heterocycles. The van der Waals surface area contributed by atoms with Crippen LogP contribution in [0.3, 0.4) is 0 Å². The SMILES string of the molecule is Cc1c(-c2ccc(C(F)(F)F)cc2)oc2cc(OCCOCCBr)ccc2c1=O. The van der Waals surface area contributed by atoms with Crippen molar-refractivity contribution in [3.8, 4) is 17.1 Å². The van der Waals surface area contributed by atoms with Crippen molar-refractivity contribution < 1.29 is 27.1 Å². The van der Waals surface area contributed by atoms with Gasteiger partial charge in [0, 0.05) is 22.5 Å². The fraction of sp³-hybridized carbons (Fsp3) is 0.286. The minimum absolute atomic E-state index is 0.231. The van der Waals surface area contributed by atoms with E-state index in [1.165, 1.54) is 12.1 Å². The third-order valence-corrected chi connectivity index (χ3v) is 4.61. The first-order valence-corrected chi connectivity index (χ1v) is 9.95. The smallest absolute Gasteiger partial charge is 0.416 e. The van der Waals surface area contributed by atoms with Gasteiger partial charge in [0.15, 0.2) is 5.43 Å². The molecular weight excluding hydrogens is 453 g/mol. The van der Waals surface area contributed by atoms with Crippen LogP contribution in [0.5, 0.6) is 5.75 Å². The standard InChI is InChI=1S/C21H18BrF3O4/c1-13-19(26)17-7-6-16(28-11-10-27-9-8-22)12-18(17)29-20(13)14-2-4-15(5-3-14)21(23,24)25/h2-7,12H,8-11H2,1H3. The molecular formula is C21H18BrF3O4. The Balaban J connectivity index is 1.92. The maximum Gasteiger partial charge on any atom is 0.416 e. The molecule has 29 heavy (non-hydrogen) atoms. The quantitative estimate of drug-likeness (QED) is 0.334. The molecule has 0 radical (unpaired) electrons. The molecule has 4 nitrogen and oxygen atoms in total. The summed E-state index contributed by atoms with van der Waals surface area (Å²) in [5, 5.41) is 1.11. The first-order valence-electron chi connectivity index (χ1n) is 8.83. The molecule has 0 spiro atoms. The first kappa shape index (κ1) is 21.4. The zero-order chi connectivity index (χ0) is 21.0. The average molecular weight is 471 g/mol. The lowest BCUT2D eigenvalue weighted by atomic mass is 10.0. The van der Waals surface area contributed by atoms with Gasteiger partial charge in [-0.15, -0.1) is 0 Å². The second-order valence-electron chi connectivity index (χ2n) is 6.27. The predicted molar refractivity (Wildman–Crippen MR) is 108 cm³/mol. The average Bonchev–Trinajstić information content (AvgIpc) is 2.70. The largest absolute Gasteiger partial charge is 0.491 e. The van der Waals surface area contributed by atoms with Crippen molar-refractivity contribution in [2.24, 2.45) is 0 Å². The van der Waals surface area contributed by atoms with Crippen LogP contribution in [0, 0.1) is 6.92 Å². The van der Waals surface area contributed by atoms with Crippen LogP contribution >= 0.6 is 15.9 Å². The van der Waals surface area contributed by atoms with E-state index in [0.717, 1.165) is 17.5 Å². The highest BCUT2D eigenvalue weighted by Crippen LogP contribution is 2.32. The molecule has 0 atom stereocenters. The van der Waals surface area contributed by atoms with Gasteiger partial charge in [0.05, 0.1) is 24.2 Å². The Hall–Kier alpha value is -2.32. The maximum absolute atomic E-state index is 12.8. The molecule has 0 fully saturated rings. The zero-order valence-corrected chi connectivity index (χ0v) is 17.1. The fourth-order valence-electron chi connectivity index (χ4n) is 2.82. The lowest BCUT2D eigenvalue weighted by molar-refractivity contribution is -0.137. The molecule has 154 valence electrons. The van der Waals surface area contributed by atoms with E-state index in [9.17, 15) is 18.0 Å².